The summed E-state index contributed by atoms with van der Waals surface area (Å²) < 4.78 is 0. The maximum atomic E-state index is 3.62. The van der Waals surface area contributed by atoms with Gasteiger partial charge in [0.05, 0.1) is 10.2 Å². The van der Waals surface area contributed by atoms with Crippen molar-refractivity contribution in [2.75, 3.05) is 0 Å². The van der Waals surface area contributed by atoms with Crippen LogP contribution in [-0.2, 0) is 0 Å². The van der Waals surface area contributed by atoms with Crippen molar-refractivity contribution in [3.05, 3.63) is 29.8 Å². The van der Waals surface area contributed by atoms with Gasteiger partial charge in [0.25, 0.3) is 0 Å². The van der Waals surface area contributed by atoms with Gasteiger partial charge >= 0.3 is 0 Å². The summed E-state index contributed by atoms with van der Waals surface area (Å²) >= 11 is 0. The Balaban J connectivity index is 2.79. The van der Waals surface area contributed by atoms with Gasteiger partial charge in [0.15, 0.2) is 0 Å². The molecule has 0 saturated heterocycles. The van der Waals surface area contributed by atoms with Crippen molar-refractivity contribution in [3.8, 4) is 0 Å². The first-order chi connectivity index (χ1) is 5.75. The van der Waals surface area contributed by atoms with Gasteiger partial charge in [-0.1, -0.05) is 49.7 Å². The molecule has 1 aromatic rings. The molecule has 0 spiro atoms. The van der Waals surface area contributed by atoms with Crippen LogP contribution in [0.25, 0.3) is 0 Å². The molecule has 63 valence electrons. The quantitative estimate of drug-likeness (QED) is 0.619. The minimum Gasteiger partial charge on any atom is -0.0654 e. The highest BCUT2D eigenvalue weighted by atomic mass is 28.1. The molecule has 0 heterocycles. The molecule has 3 radical (unpaired) electrons. The average Bonchev–Trinajstić information content (AvgIpc) is 2.05. The van der Waals surface area contributed by atoms with Crippen molar-refractivity contribution in [3.63, 3.8) is 0 Å². The molecule has 0 bridgehead atoms. The largest absolute Gasteiger partial charge is 0.0715 e. The first-order valence-corrected chi connectivity index (χ1v) is 5.06. The molecule has 1 unspecified atom stereocenters. The molecule has 0 aromatic heterocycles. The van der Waals surface area contributed by atoms with Crippen LogP contribution in [0, 0.1) is 0 Å². The lowest BCUT2D eigenvalue weighted by molar-refractivity contribution is 0.668. The van der Waals surface area contributed by atoms with E-state index in [4.69, 9.17) is 0 Å². The fourth-order valence-electron chi connectivity index (χ4n) is 1.52. The number of benzene rings is 1. The molecule has 0 nitrogen and oxygen atoms in total. The van der Waals surface area contributed by atoms with Crippen LogP contribution in [0.5, 0.6) is 0 Å². The minimum absolute atomic E-state index is 0.670. The Bertz CT molecular complexity index is 243. The second-order valence-corrected chi connectivity index (χ2v) is 3.82. The second kappa shape index (κ2) is 4.46. The fraction of sp³-hybridized carbons (Fsp3) is 0.455. The van der Waals surface area contributed by atoms with Crippen LogP contribution >= 0.6 is 0 Å². The van der Waals surface area contributed by atoms with E-state index >= 15 is 0 Å². The summed E-state index contributed by atoms with van der Waals surface area (Å²) in [6, 6.07) is 8.47. The Morgan fingerprint density at radius 1 is 1.33 bits per heavy atom. The van der Waals surface area contributed by atoms with E-state index < -0.39 is 0 Å². The van der Waals surface area contributed by atoms with Gasteiger partial charge in [0.1, 0.15) is 0 Å². The van der Waals surface area contributed by atoms with Crippen molar-refractivity contribution in [1.82, 2.24) is 0 Å². The molecular formula is C11H15Si. The molecular weight excluding hydrogens is 160 g/mol. The molecule has 0 aliphatic rings. The van der Waals surface area contributed by atoms with Gasteiger partial charge in [0, 0.05) is 0 Å². The first-order valence-electron chi connectivity index (χ1n) is 4.56. The van der Waals surface area contributed by atoms with Crippen molar-refractivity contribution in [2.45, 2.75) is 32.6 Å². The predicted molar refractivity (Wildman–Crippen MR) is 55.2 cm³/mol. The third-order valence-electron chi connectivity index (χ3n) is 2.21. The fourth-order valence-corrected chi connectivity index (χ4v) is 1.94. The molecule has 12 heavy (non-hydrogen) atoms. The van der Waals surface area contributed by atoms with Gasteiger partial charge in [-0.25, -0.2) is 0 Å². The normalized spacial score (nSPS) is 12.9. The maximum absolute atomic E-state index is 3.62. The number of rotatable bonds is 3. The highest BCUT2D eigenvalue weighted by Gasteiger charge is 2.05. The lowest BCUT2D eigenvalue weighted by Gasteiger charge is -2.12. The van der Waals surface area contributed by atoms with E-state index in [1.807, 2.05) is 0 Å². The lowest BCUT2D eigenvalue weighted by Crippen LogP contribution is -2.12. The van der Waals surface area contributed by atoms with E-state index in [0.29, 0.717) is 5.92 Å². The van der Waals surface area contributed by atoms with E-state index in [1.165, 1.54) is 23.6 Å². The molecule has 1 rings (SSSR count). The van der Waals surface area contributed by atoms with Crippen LogP contribution in [-0.4, -0.2) is 10.2 Å². The van der Waals surface area contributed by atoms with E-state index in [-0.39, 0.29) is 0 Å². The Kier molecular flexibility index (Phi) is 3.54. The summed E-state index contributed by atoms with van der Waals surface area (Å²) in [5, 5.41) is 1.23. The zero-order chi connectivity index (χ0) is 8.97. The Morgan fingerprint density at radius 2 is 2.00 bits per heavy atom. The Hall–Kier alpha value is -0.563. The second-order valence-electron chi connectivity index (χ2n) is 3.28. The van der Waals surface area contributed by atoms with Crippen molar-refractivity contribution in [2.24, 2.45) is 0 Å². The van der Waals surface area contributed by atoms with Crippen LogP contribution in [0.1, 0.15) is 38.2 Å². The molecule has 1 atom stereocenters. The standard InChI is InChI=1S/C11H15Si/c1-3-6-9(2)10-7-4-5-8-11(10)12/h4-5,7-9H,3,6H2,1-2H3. The molecule has 1 heteroatoms. The summed E-state index contributed by atoms with van der Waals surface area (Å²) in [7, 11) is 3.62. The zero-order valence-corrected chi connectivity index (χ0v) is 8.80. The summed E-state index contributed by atoms with van der Waals surface area (Å²) in [5.41, 5.74) is 1.43. The zero-order valence-electron chi connectivity index (χ0n) is 7.80. The maximum Gasteiger partial charge on any atom is 0.0715 e. The summed E-state index contributed by atoms with van der Waals surface area (Å²) in [4.78, 5) is 0. The first kappa shape index (κ1) is 9.52. The summed E-state index contributed by atoms with van der Waals surface area (Å²) in [6.07, 6.45) is 2.52. The van der Waals surface area contributed by atoms with Crippen molar-refractivity contribution >= 4 is 15.4 Å². The van der Waals surface area contributed by atoms with E-state index in [0.717, 1.165) is 0 Å². The van der Waals surface area contributed by atoms with Gasteiger partial charge in [-0.15, -0.1) is 0 Å². The Morgan fingerprint density at radius 3 is 2.58 bits per heavy atom. The molecule has 1 aromatic carbocycles. The van der Waals surface area contributed by atoms with Crippen LogP contribution in [0.3, 0.4) is 0 Å². The molecule has 0 saturated carbocycles. The van der Waals surface area contributed by atoms with Crippen LogP contribution in [0.4, 0.5) is 0 Å². The highest BCUT2D eigenvalue weighted by molar-refractivity contribution is 6.33. The predicted octanol–water partition coefficient (Wildman–Crippen LogP) is 2.38. The average molecular weight is 175 g/mol. The van der Waals surface area contributed by atoms with E-state index in [1.54, 1.807) is 0 Å². The highest BCUT2D eigenvalue weighted by Crippen LogP contribution is 2.17. The summed E-state index contributed by atoms with van der Waals surface area (Å²) in [5.74, 6) is 0.670. The van der Waals surface area contributed by atoms with E-state index in [9.17, 15) is 0 Å². The number of hydrogen-bond donors (Lipinski definition) is 0. The smallest absolute Gasteiger partial charge is 0.0654 e. The van der Waals surface area contributed by atoms with Gasteiger partial charge in [-0.2, -0.15) is 0 Å². The summed E-state index contributed by atoms with van der Waals surface area (Å²) in [6.45, 7) is 4.51. The van der Waals surface area contributed by atoms with Gasteiger partial charge in [0.2, 0.25) is 0 Å². The van der Waals surface area contributed by atoms with Crippen LogP contribution in [0.2, 0.25) is 0 Å². The van der Waals surface area contributed by atoms with Crippen LogP contribution < -0.4 is 5.19 Å². The molecule has 0 aliphatic carbocycles. The van der Waals surface area contributed by atoms with Crippen molar-refractivity contribution < 1.29 is 0 Å². The van der Waals surface area contributed by atoms with Gasteiger partial charge in [-0.3, -0.25) is 0 Å². The number of hydrogen-bond acceptors (Lipinski definition) is 0. The minimum atomic E-state index is 0.670. The van der Waals surface area contributed by atoms with Gasteiger partial charge in [-0.05, 0) is 17.9 Å². The molecule has 0 aliphatic heterocycles. The SMILES string of the molecule is CCCC(C)c1ccccc1[Si]. The topological polar surface area (TPSA) is 0 Å². The Labute approximate surface area is 78.4 Å². The van der Waals surface area contributed by atoms with Crippen molar-refractivity contribution in [1.29, 1.82) is 0 Å². The monoisotopic (exact) mass is 175 g/mol. The third kappa shape index (κ3) is 2.21. The van der Waals surface area contributed by atoms with E-state index in [2.05, 4.69) is 48.4 Å². The molecule has 0 amide bonds. The lowest BCUT2D eigenvalue weighted by atomic mass is 9.97. The molecule has 0 fully saturated rings. The van der Waals surface area contributed by atoms with Gasteiger partial charge < -0.3 is 0 Å². The molecule has 0 N–H and O–H groups in total. The third-order valence-corrected chi connectivity index (χ3v) is 2.67. The van der Waals surface area contributed by atoms with Crippen LogP contribution in [0.15, 0.2) is 24.3 Å².